The van der Waals surface area contributed by atoms with E-state index in [0.29, 0.717) is 6.61 Å². The number of nitro benzene ring substituents is 1. The van der Waals surface area contributed by atoms with Crippen LogP contribution in [0.15, 0.2) is 18.2 Å². The third-order valence-electron chi connectivity index (χ3n) is 3.01. The quantitative estimate of drug-likeness (QED) is 0.665. The molecule has 0 spiro atoms. The number of rotatable bonds is 3. The van der Waals surface area contributed by atoms with Gasteiger partial charge in [-0.25, -0.2) is 4.39 Å². The summed E-state index contributed by atoms with van der Waals surface area (Å²) in [7, 11) is 0. The van der Waals surface area contributed by atoms with Gasteiger partial charge in [0, 0.05) is 24.8 Å². The zero-order valence-corrected chi connectivity index (χ0v) is 10.1. The highest BCUT2D eigenvalue weighted by molar-refractivity contribution is 5.52. The second-order valence-electron chi connectivity index (χ2n) is 4.47. The van der Waals surface area contributed by atoms with E-state index >= 15 is 0 Å². The average molecular weight is 254 g/mol. The Morgan fingerprint density at radius 3 is 3.00 bits per heavy atom. The molecule has 1 aromatic carbocycles. The predicted octanol–water partition coefficient (Wildman–Crippen LogP) is 2.71. The summed E-state index contributed by atoms with van der Waals surface area (Å²) in [6, 6.07) is 3.59. The van der Waals surface area contributed by atoms with Crippen LogP contribution in [0, 0.1) is 15.9 Å². The van der Waals surface area contributed by atoms with Crippen molar-refractivity contribution in [1.29, 1.82) is 0 Å². The summed E-state index contributed by atoms with van der Waals surface area (Å²) in [5, 5.41) is 13.7. The van der Waals surface area contributed by atoms with Crippen LogP contribution in [0.5, 0.6) is 0 Å². The van der Waals surface area contributed by atoms with Gasteiger partial charge < -0.3 is 10.1 Å². The van der Waals surface area contributed by atoms with Gasteiger partial charge in [-0.05, 0) is 25.8 Å². The number of nitrogens with zero attached hydrogens (tertiary/aromatic N) is 1. The highest BCUT2D eigenvalue weighted by Gasteiger charge is 2.21. The Bertz CT molecular complexity index is 453. The summed E-state index contributed by atoms with van der Waals surface area (Å²) in [4.78, 5) is 10.1. The van der Waals surface area contributed by atoms with Crippen LogP contribution < -0.4 is 5.32 Å². The topological polar surface area (TPSA) is 64.4 Å². The second-order valence-corrected chi connectivity index (χ2v) is 4.47. The van der Waals surface area contributed by atoms with Crippen LogP contribution in [0.3, 0.4) is 0 Å². The molecule has 0 bridgehead atoms. The van der Waals surface area contributed by atoms with Crippen molar-refractivity contribution in [3.63, 3.8) is 0 Å². The minimum absolute atomic E-state index is 0.0882. The number of halogens is 1. The highest BCUT2D eigenvalue weighted by atomic mass is 19.1. The van der Waals surface area contributed by atoms with Crippen molar-refractivity contribution in [3.8, 4) is 0 Å². The minimum atomic E-state index is -0.531. The number of hydrogen-bond donors (Lipinski definition) is 1. The van der Waals surface area contributed by atoms with Crippen LogP contribution in [0.1, 0.15) is 19.8 Å². The lowest BCUT2D eigenvalue weighted by atomic mass is 10.0. The molecule has 6 heteroatoms. The molecule has 1 N–H and O–H groups in total. The van der Waals surface area contributed by atoms with Crippen molar-refractivity contribution in [1.82, 2.24) is 0 Å². The van der Waals surface area contributed by atoms with E-state index in [1.54, 1.807) is 0 Å². The maximum absolute atomic E-state index is 13.6. The number of nitrogens with one attached hydrogen (secondary N) is 1. The minimum Gasteiger partial charge on any atom is -0.380 e. The molecule has 2 atom stereocenters. The van der Waals surface area contributed by atoms with Gasteiger partial charge in [0.2, 0.25) is 0 Å². The van der Waals surface area contributed by atoms with Gasteiger partial charge in [-0.1, -0.05) is 0 Å². The molecule has 1 saturated heterocycles. The van der Waals surface area contributed by atoms with E-state index in [-0.39, 0.29) is 23.5 Å². The molecule has 0 saturated carbocycles. The van der Waals surface area contributed by atoms with E-state index in [0.717, 1.165) is 25.0 Å². The fourth-order valence-electron chi connectivity index (χ4n) is 2.09. The van der Waals surface area contributed by atoms with Gasteiger partial charge in [0.25, 0.3) is 5.69 Å². The van der Waals surface area contributed by atoms with E-state index < -0.39 is 10.7 Å². The number of nitro groups is 1. The molecule has 98 valence electrons. The monoisotopic (exact) mass is 254 g/mol. The smallest absolute Gasteiger partial charge is 0.271 e. The van der Waals surface area contributed by atoms with Crippen LogP contribution in [-0.2, 0) is 4.74 Å². The van der Waals surface area contributed by atoms with Crippen molar-refractivity contribution in [2.75, 3.05) is 11.9 Å². The molecule has 2 rings (SSSR count). The standard InChI is InChI=1S/C12H15FN2O3/c1-8-6-9(4-5-18-8)14-12-7-10(15(16)17)2-3-11(12)13/h2-3,7-9,14H,4-6H2,1H3. The van der Waals surface area contributed by atoms with Gasteiger partial charge in [0.05, 0.1) is 16.7 Å². The van der Waals surface area contributed by atoms with Crippen LogP contribution in [0.25, 0.3) is 0 Å². The van der Waals surface area contributed by atoms with E-state index in [1.165, 1.54) is 6.07 Å². The van der Waals surface area contributed by atoms with Crippen molar-refractivity contribution in [2.45, 2.75) is 31.9 Å². The third kappa shape index (κ3) is 2.95. The summed E-state index contributed by atoms with van der Waals surface area (Å²) in [6.07, 6.45) is 1.66. The molecule has 0 aromatic heterocycles. The Hall–Kier alpha value is -1.69. The maximum Gasteiger partial charge on any atom is 0.271 e. The Morgan fingerprint density at radius 1 is 1.56 bits per heavy atom. The van der Waals surface area contributed by atoms with E-state index in [1.807, 2.05) is 6.92 Å². The van der Waals surface area contributed by atoms with Crippen LogP contribution >= 0.6 is 0 Å². The van der Waals surface area contributed by atoms with E-state index in [2.05, 4.69) is 5.32 Å². The van der Waals surface area contributed by atoms with Gasteiger partial charge >= 0.3 is 0 Å². The van der Waals surface area contributed by atoms with Crippen LogP contribution in [0.2, 0.25) is 0 Å². The number of anilines is 1. The molecule has 1 aromatic rings. The number of non-ortho nitro benzene ring substituents is 1. The predicted molar refractivity (Wildman–Crippen MR) is 65.1 cm³/mol. The van der Waals surface area contributed by atoms with Gasteiger partial charge in [-0.15, -0.1) is 0 Å². The fourth-order valence-corrected chi connectivity index (χ4v) is 2.09. The summed E-state index contributed by atoms with van der Waals surface area (Å²) < 4.78 is 19.0. The Morgan fingerprint density at radius 2 is 2.33 bits per heavy atom. The summed E-state index contributed by atoms with van der Waals surface area (Å²) >= 11 is 0. The summed E-state index contributed by atoms with van der Waals surface area (Å²) in [5.74, 6) is -0.472. The molecular weight excluding hydrogens is 239 g/mol. The molecule has 2 unspecified atom stereocenters. The van der Waals surface area contributed by atoms with Crippen molar-refractivity contribution in [2.24, 2.45) is 0 Å². The fraction of sp³-hybridized carbons (Fsp3) is 0.500. The molecule has 1 heterocycles. The van der Waals surface area contributed by atoms with Gasteiger partial charge in [0.15, 0.2) is 0 Å². The van der Waals surface area contributed by atoms with Gasteiger partial charge in [-0.2, -0.15) is 0 Å². The molecular formula is C12H15FN2O3. The zero-order chi connectivity index (χ0) is 13.1. The van der Waals surface area contributed by atoms with Crippen LogP contribution in [0.4, 0.5) is 15.8 Å². The average Bonchev–Trinajstić information content (AvgIpc) is 2.31. The maximum atomic E-state index is 13.6. The lowest BCUT2D eigenvalue weighted by Crippen LogP contribution is -2.32. The molecule has 1 aliphatic rings. The Kier molecular flexibility index (Phi) is 3.76. The lowest BCUT2D eigenvalue weighted by Gasteiger charge is -2.28. The van der Waals surface area contributed by atoms with E-state index in [4.69, 9.17) is 4.74 Å². The second kappa shape index (κ2) is 5.30. The number of hydrogen-bond acceptors (Lipinski definition) is 4. The zero-order valence-electron chi connectivity index (χ0n) is 10.1. The normalized spacial score (nSPS) is 23.7. The lowest BCUT2D eigenvalue weighted by molar-refractivity contribution is -0.384. The van der Waals surface area contributed by atoms with E-state index in [9.17, 15) is 14.5 Å². The SMILES string of the molecule is CC1CC(Nc2cc([N+](=O)[O-])ccc2F)CCO1. The Labute approximate surface area is 104 Å². The summed E-state index contributed by atoms with van der Waals surface area (Å²) in [6.45, 7) is 2.58. The first-order valence-corrected chi connectivity index (χ1v) is 5.88. The molecule has 18 heavy (non-hydrogen) atoms. The first kappa shape index (κ1) is 12.8. The first-order chi connectivity index (χ1) is 8.56. The van der Waals surface area contributed by atoms with Crippen molar-refractivity contribution >= 4 is 11.4 Å². The molecule has 0 amide bonds. The third-order valence-corrected chi connectivity index (χ3v) is 3.01. The van der Waals surface area contributed by atoms with Crippen LogP contribution in [-0.4, -0.2) is 23.7 Å². The molecule has 1 aliphatic heterocycles. The molecule has 0 radical (unpaired) electrons. The largest absolute Gasteiger partial charge is 0.380 e. The molecule has 1 fully saturated rings. The number of benzene rings is 1. The Balaban J connectivity index is 2.12. The molecule has 5 nitrogen and oxygen atoms in total. The highest BCUT2D eigenvalue weighted by Crippen LogP contribution is 2.24. The summed E-state index contributed by atoms with van der Waals surface area (Å²) in [5.41, 5.74) is 0.0716. The van der Waals surface area contributed by atoms with Crippen molar-refractivity contribution < 1.29 is 14.1 Å². The van der Waals surface area contributed by atoms with Gasteiger partial charge in [0.1, 0.15) is 5.82 Å². The number of ether oxygens (including phenoxy) is 1. The van der Waals surface area contributed by atoms with Gasteiger partial charge in [-0.3, -0.25) is 10.1 Å². The van der Waals surface area contributed by atoms with Crippen molar-refractivity contribution in [3.05, 3.63) is 34.1 Å². The molecule has 0 aliphatic carbocycles. The first-order valence-electron chi connectivity index (χ1n) is 5.88.